The summed E-state index contributed by atoms with van der Waals surface area (Å²) in [4.78, 5) is 14.8. The minimum absolute atomic E-state index is 0.0306. The predicted molar refractivity (Wildman–Crippen MR) is 62.3 cm³/mol. The Morgan fingerprint density at radius 1 is 1.47 bits per heavy atom. The normalized spacial score (nSPS) is 11.4. The molecule has 7 heteroatoms. The monoisotopic (exact) mass is 359 g/mol. The molecule has 0 saturated heterocycles. The highest BCUT2D eigenvalue weighted by atomic mass is 127. The van der Waals surface area contributed by atoms with Gasteiger partial charge in [-0.1, -0.05) is 0 Å². The van der Waals surface area contributed by atoms with Crippen molar-refractivity contribution in [3.05, 3.63) is 27.1 Å². The van der Waals surface area contributed by atoms with Gasteiger partial charge in [-0.3, -0.25) is 9.78 Å². The van der Waals surface area contributed by atoms with Crippen LogP contribution in [0.4, 0.5) is 13.2 Å². The second-order valence-corrected chi connectivity index (χ2v) is 4.30. The molecule has 0 saturated carbocycles. The van der Waals surface area contributed by atoms with E-state index in [9.17, 15) is 18.0 Å². The van der Waals surface area contributed by atoms with Crippen molar-refractivity contribution >= 4 is 28.6 Å². The molecule has 1 heterocycles. The third kappa shape index (κ3) is 3.83. The van der Waals surface area contributed by atoms with Crippen molar-refractivity contribution in [2.24, 2.45) is 0 Å². The first-order valence-electron chi connectivity index (χ1n) is 4.71. The average Bonchev–Trinajstić information content (AvgIpc) is 2.15. The molecule has 0 aliphatic carbocycles. The van der Waals surface area contributed by atoms with Gasteiger partial charge in [0.2, 0.25) is 0 Å². The lowest BCUT2D eigenvalue weighted by Crippen LogP contribution is -2.16. The molecule has 0 amide bonds. The van der Waals surface area contributed by atoms with Crippen molar-refractivity contribution in [1.29, 1.82) is 0 Å². The van der Waals surface area contributed by atoms with Crippen LogP contribution in [0.5, 0.6) is 0 Å². The fraction of sp³-hybridized carbons (Fsp3) is 0.400. The van der Waals surface area contributed by atoms with Crippen LogP contribution in [0.25, 0.3) is 0 Å². The molecule has 17 heavy (non-hydrogen) atoms. The number of nitrogens with zero attached hydrogens (tertiary/aromatic N) is 1. The smallest absolute Gasteiger partial charge is 0.417 e. The van der Waals surface area contributed by atoms with E-state index in [1.165, 1.54) is 0 Å². The largest absolute Gasteiger partial charge is 0.466 e. The van der Waals surface area contributed by atoms with E-state index in [1.54, 1.807) is 29.5 Å². The molecule has 0 atom stereocenters. The van der Waals surface area contributed by atoms with Crippen LogP contribution in [0.15, 0.2) is 12.4 Å². The SMILES string of the molecule is CCOC(=O)Cc1cncc(I)c1C(F)(F)F. The Balaban J connectivity index is 3.08. The Labute approximate surface area is 110 Å². The third-order valence-electron chi connectivity index (χ3n) is 1.90. The number of ether oxygens (including phenoxy) is 1. The van der Waals surface area contributed by atoms with Crippen molar-refractivity contribution in [3.8, 4) is 0 Å². The zero-order chi connectivity index (χ0) is 13.1. The lowest BCUT2D eigenvalue weighted by atomic mass is 10.1. The molecule has 94 valence electrons. The summed E-state index contributed by atoms with van der Waals surface area (Å²) in [6, 6.07) is 0. The summed E-state index contributed by atoms with van der Waals surface area (Å²) in [6.45, 7) is 1.73. The maximum atomic E-state index is 12.8. The van der Waals surface area contributed by atoms with Crippen LogP contribution in [0.2, 0.25) is 0 Å². The molecule has 0 aliphatic rings. The maximum absolute atomic E-state index is 12.8. The molecular formula is C10H9F3INO2. The van der Waals surface area contributed by atoms with Gasteiger partial charge in [0.15, 0.2) is 0 Å². The molecule has 3 nitrogen and oxygen atoms in total. The standard InChI is InChI=1S/C10H9F3INO2/c1-2-17-8(16)3-6-4-15-5-7(14)9(6)10(11,12)13/h4-5H,2-3H2,1H3. The number of halogens is 4. The molecule has 1 aromatic rings. The quantitative estimate of drug-likeness (QED) is 0.616. The first-order chi connectivity index (χ1) is 7.86. The van der Waals surface area contributed by atoms with E-state index in [1.807, 2.05) is 0 Å². The van der Waals surface area contributed by atoms with E-state index in [2.05, 4.69) is 9.72 Å². The highest BCUT2D eigenvalue weighted by Gasteiger charge is 2.36. The summed E-state index contributed by atoms with van der Waals surface area (Å²) in [7, 11) is 0. The van der Waals surface area contributed by atoms with Gasteiger partial charge in [-0.25, -0.2) is 0 Å². The van der Waals surface area contributed by atoms with Gasteiger partial charge >= 0.3 is 12.1 Å². The lowest BCUT2D eigenvalue weighted by molar-refractivity contribution is -0.143. The number of pyridine rings is 1. The summed E-state index contributed by atoms with van der Waals surface area (Å²) in [5.41, 5.74) is -0.982. The predicted octanol–water partition coefficient (Wildman–Crippen LogP) is 2.81. The summed E-state index contributed by atoms with van der Waals surface area (Å²) < 4.78 is 42.9. The van der Waals surface area contributed by atoms with E-state index in [0.29, 0.717) is 0 Å². The first-order valence-corrected chi connectivity index (χ1v) is 5.79. The Morgan fingerprint density at radius 3 is 2.65 bits per heavy atom. The van der Waals surface area contributed by atoms with Gasteiger partial charge in [-0.15, -0.1) is 0 Å². The van der Waals surface area contributed by atoms with Gasteiger partial charge in [-0.2, -0.15) is 13.2 Å². The second kappa shape index (κ2) is 5.65. The number of hydrogen-bond acceptors (Lipinski definition) is 3. The molecule has 0 bridgehead atoms. The highest BCUT2D eigenvalue weighted by molar-refractivity contribution is 14.1. The van der Waals surface area contributed by atoms with Crippen molar-refractivity contribution in [3.63, 3.8) is 0 Å². The molecule has 0 unspecified atom stereocenters. The topological polar surface area (TPSA) is 39.2 Å². The molecule has 0 fully saturated rings. The second-order valence-electron chi connectivity index (χ2n) is 3.14. The van der Waals surface area contributed by atoms with Gasteiger partial charge in [0.05, 0.1) is 18.6 Å². The minimum atomic E-state index is -4.50. The molecule has 0 radical (unpaired) electrons. The van der Waals surface area contributed by atoms with Crippen LogP contribution >= 0.6 is 22.6 Å². The van der Waals surface area contributed by atoms with Gasteiger partial charge in [0.25, 0.3) is 0 Å². The molecular weight excluding hydrogens is 350 g/mol. The summed E-state index contributed by atoms with van der Waals surface area (Å²) >= 11 is 1.54. The zero-order valence-corrected chi connectivity index (χ0v) is 11.0. The van der Waals surface area contributed by atoms with Crippen LogP contribution in [0, 0.1) is 3.57 Å². The van der Waals surface area contributed by atoms with Gasteiger partial charge in [0.1, 0.15) is 0 Å². The molecule has 0 aliphatic heterocycles. The number of hydrogen-bond donors (Lipinski definition) is 0. The van der Waals surface area contributed by atoms with E-state index in [0.717, 1.165) is 12.4 Å². The van der Waals surface area contributed by atoms with E-state index >= 15 is 0 Å². The Morgan fingerprint density at radius 2 is 2.12 bits per heavy atom. The molecule has 1 rings (SSSR count). The van der Waals surface area contributed by atoms with Crippen LogP contribution in [0.3, 0.4) is 0 Å². The van der Waals surface area contributed by atoms with Crippen molar-refractivity contribution in [2.45, 2.75) is 19.5 Å². The molecule has 1 aromatic heterocycles. The van der Waals surface area contributed by atoms with Crippen molar-refractivity contribution < 1.29 is 22.7 Å². The summed E-state index contributed by atoms with van der Waals surface area (Å²) in [6.07, 6.45) is -2.77. The van der Waals surface area contributed by atoms with Crippen molar-refractivity contribution in [2.75, 3.05) is 6.61 Å². The Kier molecular flexibility index (Phi) is 4.72. The van der Waals surface area contributed by atoms with E-state index in [-0.39, 0.29) is 15.7 Å². The third-order valence-corrected chi connectivity index (χ3v) is 2.72. The fourth-order valence-electron chi connectivity index (χ4n) is 1.29. The fourth-order valence-corrected chi connectivity index (χ4v) is 2.11. The average molecular weight is 359 g/mol. The Hall–Kier alpha value is -0.860. The van der Waals surface area contributed by atoms with Gasteiger partial charge in [-0.05, 0) is 35.1 Å². The molecule has 0 spiro atoms. The maximum Gasteiger partial charge on any atom is 0.417 e. The first kappa shape index (κ1) is 14.2. The lowest BCUT2D eigenvalue weighted by Gasteiger charge is -2.13. The Bertz CT molecular complexity index is 421. The number of esters is 1. The van der Waals surface area contributed by atoms with Gasteiger partial charge in [0, 0.05) is 16.0 Å². The number of carbonyl (C=O) groups excluding carboxylic acids is 1. The minimum Gasteiger partial charge on any atom is -0.466 e. The van der Waals surface area contributed by atoms with Crippen LogP contribution in [-0.2, 0) is 22.1 Å². The van der Waals surface area contributed by atoms with Crippen LogP contribution < -0.4 is 0 Å². The van der Waals surface area contributed by atoms with E-state index in [4.69, 9.17) is 0 Å². The summed E-state index contributed by atoms with van der Waals surface area (Å²) in [5, 5.41) is 0. The van der Waals surface area contributed by atoms with Crippen LogP contribution in [-0.4, -0.2) is 17.6 Å². The van der Waals surface area contributed by atoms with Crippen molar-refractivity contribution in [1.82, 2.24) is 4.98 Å². The number of rotatable bonds is 3. The summed E-state index contributed by atoms with van der Waals surface area (Å²) in [5.74, 6) is -0.693. The van der Waals surface area contributed by atoms with Gasteiger partial charge < -0.3 is 4.74 Å². The number of carbonyl (C=O) groups is 1. The molecule has 0 N–H and O–H groups in total. The molecule has 0 aromatic carbocycles. The zero-order valence-electron chi connectivity index (χ0n) is 8.84. The van der Waals surface area contributed by atoms with Crippen LogP contribution in [0.1, 0.15) is 18.1 Å². The number of aromatic nitrogens is 1. The van der Waals surface area contributed by atoms with E-state index < -0.39 is 24.1 Å². The highest BCUT2D eigenvalue weighted by Crippen LogP contribution is 2.35. The number of alkyl halides is 3.